The summed E-state index contributed by atoms with van der Waals surface area (Å²) in [5.41, 5.74) is -0.457. The Bertz CT molecular complexity index is 374. The third-order valence-electron chi connectivity index (χ3n) is 2.97. The highest BCUT2D eigenvalue weighted by atomic mass is 32.2. The highest BCUT2D eigenvalue weighted by Crippen LogP contribution is 2.20. The minimum absolute atomic E-state index is 0.324. The van der Waals surface area contributed by atoms with E-state index in [1.54, 1.807) is 13.1 Å². The Labute approximate surface area is 125 Å². The fraction of sp³-hybridized carbons (Fsp3) is 0.857. The molecule has 0 amide bonds. The Morgan fingerprint density at radius 1 is 1.25 bits per heavy atom. The first-order chi connectivity index (χ1) is 9.17. The average Bonchev–Trinajstić information content (AvgIpc) is 2.33. The minimum atomic E-state index is -3.45. The Morgan fingerprint density at radius 2 is 1.85 bits per heavy atom. The van der Waals surface area contributed by atoms with Gasteiger partial charge in [-0.3, -0.25) is 0 Å². The number of hydrogen-bond acceptors (Lipinski definition) is 3. The van der Waals surface area contributed by atoms with E-state index in [0.29, 0.717) is 13.1 Å². The first-order valence-electron chi connectivity index (χ1n) is 7.23. The van der Waals surface area contributed by atoms with Gasteiger partial charge < -0.3 is 5.32 Å². The molecular weight excluding hydrogens is 274 g/mol. The predicted molar refractivity (Wildman–Crippen MR) is 86.0 cm³/mol. The van der Waals surface area contributed by atoms with E-state index in [4.69, 9.17) is 0 Å². The normalized spacial score (nSPS) is 13.2. The lowest BCUT2D eigenvalue weighted by molar-refractivity contribution is 0.249. The molecule has 0 aromatic carbocycles. The fourth-order valence-corrected chi connectivity index (χ4v) is 3.53. The van der Waals surface area contributed by atoms with Crippen molar-refractivity contribution in [3.63, 3.8) is 0 Å². The molecule has 6 heteroatoms. The van der Waals surface area contributed by atoms with Crippen LogP contribution in [-0.2, 0) is 10.2 Å². The molecule has 0 spiro atoms. The van der Waals surface area contributed by atoms with Crippen LogP contribution in [0.15, 0.2) is 12.7 Å². The van der Waals surface area contributed by atoms with Crippen molar-refractivity contribution in [3.8, 4) is 0 Å². The van der Waals surface area contributed by atoms with E-state index in [1.165, 1.54) is 8.61 Å². The number of rotatable bonds is 10. The molecule has 0 fully saturated rings. The number of hydrogen-bond donors (Lipinski definition) is 1. The van der Waals surface area contributed by atoms with Crippen molar-refractivity contribution in [1.82, 2.24) is 13.9 Å². The second-order valence-corrected chi connectivity index (χ2v) is 7.88. The van der Waals surface area contributed by atoms with Crippen molar-refractivity contribution in [3.05, 3.63) is 12.7 Å². The topological polar surface area (TPSA) is 52.7 Å². The van der Waals surface area contributed by atoms with Crippen molar-refractivity contribution in [1.29, 1.82) is 0 Å². The molecule has 0 aliphatic rings. The van der Waals surface area contributed by atoms with Crippen LogP contribution in [0, 0.1) is 0 Å². The maximum Gasteiger partial charge on any atom is 0.282 e. The molecule has 0 atom stereocenters. The largest absolute Gasteiger partial charge is 0.317 e. The minimum Gasteiger partial charge on any atom is -0.317 e. The van der Waals surface area contributed by atoms with Gasteiger partial charge in [-0.05, 0) is 46.7 Å². The zero-order chi connectivity index (χ0) is 15.8. The molecular formula is C14H31N3O2S. The zero-order valence-electron chi connectivity index (χ0n) is 13.6. The van der Waals surface area contributed by atoms with Gasteiger partial charge in [0.15, 0.2) is 0 Å². The Hall–Kier alpha value is -0.430. The molecule has 0 aromatic rings. The summed E-state index contributed by atoms with van der Waals surface area (Å²) in [6.45, 7) is 14.1. The summed E-state index contributed by atoms with van der Waals surface area (Å²) in [6, 6.07) is 0. The first-order valence-corrected chi connectivity index (χ1v) is 8.63. The third-order valence-corrected chi connectivity index (χ3v) is 5.19. The van der Waals surface area contributed by atoms with Gasteiger partial charge >= 0.3 is 0 Å². The molecule has 0 aliphatic carbocycles. The van der Waals surface area contributed by atoms with Crippen LogP contribution in [0.5, 0.6) is 0 Å². The molecule has 0 heterocycles. The lowest BCUT2D eigenvalue weighted by atomic mass is 10.1. The van der Waals surface area contributed by atoms with E-state index in [2.05, 4.69) is 18.8 Å². The molecule has 20 heavy (non-hydrogen) atoms. The second-order valence-electron chi connectivity index (χ2n) is 5.92. The van der Waals surface area contributed by atoms with Crippen molar-refractivity contribution in [2.24, 2.45) is 0 Å². The van der Waals surface area contributed by atoms with Crippen LogP contribution in [0.1, 0.15) is 40.5 Å². The monoisotopic (exact) mass is 305 g/mol. The van der Waals surface area contributed by atoms with Gasteiger partial charge in [0.25, 0.3) is 10.2 Å². The molecule has 0 radical (unpaired) electrons. The predicted octanol–water partition coefficient (Wildman–Crippen LogP) is 1.84. The van der Waals surface area contributed by atoms with E-state index in [-0.39, 0.29) is 0 Å². The summed E-state index contributed by atoms with van der Waals surface area (Å²) in [5, 5.41) is 3.28. The van der Waals surface area contributed by atoms with Gasteiger partial charge in [-0.25, -0.2) is 0 Å². The summed E-state index contributed by atoms with van der Waals surface area (Å²) in [6.07, 6.45) is 3.52. The van der Waals surface area contributed by atoms with Gasteiger partial charge in [0, 0.05) is 25.7 Å². The van der Waals surface area contributed by atoms with Crippen LogP contribution >= 0.6 is 0 Å². The highest BCUT2D eigenvalue weighted by Gasteiger charge is 2.34. The van der Waals surface area contributed by atoms with Crippen molar-refractivity contribution >= 4 is 10.2 Å². The van der Waals surface area contributed by atoms with Gasteiger partial charge in [-0.15, -0.1) is 6.58 Å². The number of nitrogens with one attached hydrogen (secondary N) is 1. The SMILES string of the molecule is C=CCN(C(C)(C)C)S(=O)(=O)N(C)CCCNCCC. The van der Waals surface area contributed by atoms with E-state index >= 15 is 0 Å². The van der Waals surface area contributed by atoms with Crippen LogP contribution in [0.4, 0.5) is 0 Å². The summed E-state index contributed by atoms with van der Waals surface area (Å²) in [5.74, 6) is 0. The Balaban J connectivity index is 4.62. The molecule has 0 bridgehead atoms. The quantitative estimate of drug-likeness (QED) is 0.495. The third kappa shape index (κ3) is 6.35. The fourth-order valence-electron chi connectivity index (χ4n) is 1.84. The Kier molecular flexibility index (Phi) is 8.58. The molecule has 0 unspecified atom stereocenters. The van der Waals surface area contributed by atoms with Gasteiger partial charge in [-0.1, -0.05) is 13.0 Å². The van der Waals surface area contributed by atoms with Crippen molar-refractivity contribution in [2.45, 2.75) is 46.1 Å². The van der Waals surface area contributed by atoms with Gasteiger partial charge in [-0.2, -0.15) is 17.0 Å². The first kappa shape index (κ1) is 19.6. The molecule has 5 nitrogen and oxygen atoms in total. The molecule has 1 N–H and O–H groups in total. The van der Waals surface area contributed by atoms with E-state index in [9.17, 15) is 8.42 Å². The molecule has 0 saturated heterocycles. The van der Waals surface area contributed by atoms with Crippen molar-refractivity contribution < 1.29 is 8.42 Å². The van der Waals surface area contributed by atoms with Gasteiger partial charge in [0.05, 0.1) is 0 Å². The zero-order valence-corrected chi connectivity index (χ0v) is 14.5. The summed E-state index contributed by atoms with van der Waals surface area (Å²) in [4.78, 5) is 0. The standard InChI is InChI=1S/C14H31N3O2S/c1-7-10-15-11-9-13-16(6)20(18,19)17(12-8-2)14(3,4)5/h8,15H,2,7,9-13H2,1,3-6H3. The molecule has 0 rings (SSSR count). The lowest BCUT2D eigenvalue weighted by Gasteiger charge is -2.36. The molecule has 0 saturated carbocycles. The lowest BCUT2D eigenvalue weighted by Crippen LogP contribution is -2.51. The Morgan fingerprint density at radius 3 is 2.30 bits per heavy atom. The second kappa shape index (κ2) is 8.77. The molecule has 0 aliphatic heterocycles. The highest BCUT2D eigenvalue weighted by molar-refractivity contribution is 7.86. The smallest absolute Gasteiger partial charge is 0.282 e. The van der Waals surface area contributed by atoms with E-state index in [1.807, 2.05) is 20.8 Å². The summed E-state index contributed by atoms with van der Waals surface area (Å²) >= 11 is 0. The van der Waals surface area contributed by atoms with Crippen LogP contribution in [0.25, 0.3) is 0 Å². The molecule has 120 valence electrons. The summed E-state index contributed by atoms with van der Waals surface area (Å²) in [7, 11) is -1.81. The maximum atomic E-state index is 12.6. The van der Waals surface area contributed by atoms with E-state index < -0.39 is 15.7 Å². The van der Waals surface area contributed by atoms with Crippen LogP contribution in [0.2, 0.25) is 0 Å². The molecule has 0 aromatic heterocycles. The summed E-state index contributed by atoms with van der Waals surface area (Å²) < 4.78 is 28.0. The van der Waals surface area contributed by atoms with Crippen LogP contribution in [0.3, 0.4) is 0 Å². The van der Waals surface area contributed by atoms with Gasteiger partial charge in [0.2, 0.25) is 0 Å². The number of nitrogens with zero attached hydrogens (tertiary/aromatic N) is 2. The van der Waals surface area contributed by atoms with Crippen molar-refractivity contribution in [2.75, 3.05) is 33.2 Å². The van der Waals surface area contributed by atoms with E-state index in [0.717, 1.165) is 25.9 Å². The maximum absolute atomic E-state index is 12.6. The van der Waals surface area contributed by atoms with Crippen LogP contribution in [-0.4, -0.2) is 55.8 Å². The van der Waals surface area contributed by atoms with Gasteiger partial charge in [0.1, 0.15) is 0 Å². The van der Waals surface area contributed by atoms with Crippen LogP contribution < -0.4 is 5.32 Å². The average molecular weight is 305 g/mol.